The van der Waals surface area contributed by atoms with E-state index in [4.69, 9.17) is 20.0 Å². The molecule has 4 aromatic heterocycles. The number of rotatable bonds is 11. The molecule has 2 fully saturated rings. The first-order valence-corrected chi connectivity index (χ1v) is 24.4. The predicted molar refractivity (Wildman–Crippen MR) is 216 cm³/mol. The second-order valence-electron chi connectivity index (χ2n) is 14.9. The SMILES string of the molecule is CC[C@H]1S[C@@H](n2cnc3c(=O)[nH]c(C)nc32)[C@H](O)[C@@H]1O.[C-]#[N+]CCOP(C)O[C@H]1[C@@H](O[Si](C)(C)C(C)(C)C)[C@H](n2cnc3c(=O)[nH]c(C)nc32)S[C@@H]1CC. The zero-order valence-corrected chi connectivity index (χ0v) is 36.0. The summed E-state index contributed by atoms with van der Waals surface area (Å²) in [5.74, 6) is 1.04. The van der Waals surface area contributed by atoms with Crippen molar-refractivity contribution >= 4 is 62.5 Å². The quantitative estimate of drug-likeness (QED) is 0.0660. The molecule has 0 amide bonds. The van der Waals surface area contributed by atoms with Crippen molar-refractivity contribution in [2.24, 2.45) is 0 Å². The van der Waals surface area contributed by atoms with Crippen molar-refractivity contribution in [3.8, 4) is 0 Å². The summed E-state index contributed by atoms with van der Waals surface area (Å²) in [6.45, 7) is 28.3. The van der Waals surface area contributed by atoms with Gasteiger partial charge in [-0.05, 0) is 44.8 Å². The number of aliphatic hydroxyl groups excluding tert-OH is 2. The number of H-pyrrole nitrogens is 2. The molecule has 1 unspecified atom stereocenters. The van der Waals surface area contributed by atoms with Crippen LogP contribution >= 0.6 is 31.9 Å². The first-order chi connectivity index (χ1) is 25.4. The van der Waals surface area contributed by atoms with E-state index in [-0.39, 0.29) is 55.1 Å². The zero-order valence-electron chi connectivity index (χ0n) is 32.4. The highest BCUT2D eigenvalue weighted by atomic mass is 32.2. The summed E-state index contributed by atoms with van der Waals surface area (Å²) in [4.78, 5) is 50.3. The van der Waals surface area contributed by atoms with Crippen LogP contribution < -0.4 is 11.1 Å². The summed E-state index contributed by atoms with van der Waals surface area (Å²) in [6.07, 6.45) is 2.72. The smallest absolute Gasteiger partial charge is 0.279 e. The van der Waals surface area contributed by atoms with Gasteiger partial charge in [-0.25, -0.2) is 26.5 Å². The van der Waals surface area contributed by atoms with Gasteiger partial charge in [-0.15, -0.1) is 23.5 Å². The van der Waals surface area contributed by atoms with Crippen molar-refractivity contribution in [3.05, 3.63) is 56.4 Å². The minimum absolute atomic E-state index is 0.0170. The highest BCUT2D eigenvalue weighted by Gasteiger charge is 2.51. The summed E-state index contributed by atoms with van der Waals surface area (Å²) in [6, 6.07) is 0. The van der Waals surface area contributed by atoms with Gasteiger partial charge < -0.3 is 38.5 Å². The minimum Gasteiger partial charge on any atom is -0.408 e. The number of aromatic amines is 2. The molecule has 6 heterocycles. The Morgan fingerprint density at radius 2 is 1.43 bits per heavy atom. The van der Waals surface area contributed by atoms with Gasteiger partial charge in [0, 0.05) is 17.2 Å². The van der Waals surface area contributed by atoms with Crippen LogP contribution in [0.4, 0.5) is 0 Å². The zero-order chi connectivity index (χ0) is 39.7. The van der Waals surface area contributed by atoms with Gasteiger partial charge in [-0.2, -0.15) is 0 Å². The average Bonchev–Trinajstić information content (AvgIpc) is 3.85. The Kier molecular flexibility index (Phi) is 13.6. The van der Waals surface area contributed by atoms with Gasteiger partial charge >= 0.3 is 0 Å². The van der Waals surface area contributed by atoms with Gasteiger partial charge in [-0.3, -0.25) is 18.7 Å². The van der Waals surface area contributed by atoms with Crippen molar-refractivity contribution in [2.75, 3.05) is 19.8 Å². The van der Waals surface area contributed by atoms with Crippen molar-refractivity contribution in [1.82, 2.24) is 39.0 Å². The van der Waals surface area contributed by atoms with E-state index >= 15 is 0 Å². The van der Waals surface area contributed by atoms with Crippen LogP contribution in [0.3, 0.4) is 0 Å². The predicted octanol–water partition coefficient (Wildman–Crippen LogP) is 5.28. The van der Waals surface area contributed by atoms with Crippen molar-refractivity contribution in [1.29, 1.82) is 0 Å². The molecular formula is C34H52N9O7PS2Si. The van der Waals surface area contributed by atoms with E-state index in [0.717, 1.165) is 12.8 Å². The maximum absolute atomic E-state index is 12.5. The number of aromatic nitrogens is 8. The number of imidazole rings is 2. The van der Waals surface area contributed by atoms with E-state index in [0.29, 0.717) is 41.6 Å². The van der Waals surface area contributed by atoms with E-state index < -0.39 is 28.9 Å². The lowest BCUT2D eigenvalue weighted by molar-refractivity contribution is 0.0181. The molecule has 0 aromatic carbocycles. The standard InChI is InChI=1S/C22H36N5O4PSSi.C12H16N4O3S/c1-10-15-17(30-32(7)29-12-11-23-6)18(31-34(8,9)22(3,4)5)21(33-15)27-13-24-16-19(27)25-14(2)26-20(16)28;1-3-6-8(17)9(18)12(20-6)16-4-13-7-10(16)14-5(2)15-11(7)19/h13,15,17-18,21H,10-12H2,1-5,7-9H3,(H,25,26,28);4,6,8-9,12,17-18H,3H2,1-2H3,(H,14,15,19)/t15-,17-,18-,21-,32?;6-,8-,9-,12-/m11/s1. The van der Waals surface area contributed by atoms with Crippen LogP contribution in [0, 0.1) is 20.4 Å². The summed E-state index contributed by atoms with van der Waals surface area (Å²) < 4.78 is 23.0. The molecule has 9 atom stereocenters. The van der Waals surface area contributed by atoms with E-state index in [1.54, 1.807) is 36.5 Å². The number of nitrogens with one attached hydrogen (secondary N) is 2. The van der Waals surface area contributed by atoms with E-state index in [2.05, 4.69) is 75.5 Å². The lowest BCUT2D eigenvalue weighted by atomic mass is 10.1. The maximum Gasteiger partial charge on any atom is 0.279 e. The Labute approximate surface area is 325 Å². The minimum atomic E-state index is -2.17. The van der Waals surface area contributed by atoms with Crippen LogP contribution in [0.5, 0.6) is 0 Å². The Hall–Kier alpha value is -2.66. The molecule has 0 radical (unpaired) electrons. The third kappa shape index (κ3) is 8.82. The summed E-state index contributed by atoms with van der Waals surface area (Å²) in [5.41, 5.74) is 1.04. The third-order valence-corrected chi connectivity index (χ3v) is 19.1. The number of fused-ring (bicyclic) bond motifs is 2. The van der Waals surface area contributed by atoms with Gasteiger partial charge in [0.15, 0.2) is 39.0 Å². The summed E-state index contributed by atoms with van der Waals surface area (Å²) in [7, 11) is -3.34. The number of hydrogen-bond acceptors (Lipinski definition) is 13. The molecule has 0 spiro atoms. The number of aliphatic hydroxyl groups is 2. The average molecular weight is 822 g/mol. The molecule has 2 saturated heterocycles. The van der Waals surface area contributed by atoms with E-state index in [1.807, 2.05) is 18.2 Å². The topological polar surface area (TPSA) is 200 Å². The summed E-state index contributed by atoms with van der Waals surface area (Å²) >= 11 is 3.26. The molecule has 0 bridgehead atoms. The molecule has 6 rings (SSSR count). The molecular weight excluding hydrogens is 770 g/mol. The van der Waals surface area contributed by atoms with Crippen LogP contribution in [-0.4, -0.2) is 112 Å². The van der Waals surface area contributed by atoms with Crippen LogP contribution in [-0.2, 0) is 13.5 Å². The molecule has 20 heteroatoms. The highest BCUT2D eigenvalue weighted by Crippen LogP contribution is 2.53. The van der Waals surface area contributed by atoms with Crippen LogP contribution in [0.1, 0.15) is 69.9 Å². The van der Waals surface area contributed by atoms with Gasteiger partial charge in [0.1, 0.15) is 47.3 Å². The molecule has 4 aromatic rings. The van der Waals surface area contributed by atoms with Crippen LogP contribution in [0.2, 0.25) is 18.1 Å². The van der Waals surface area contributed by atoms with Crippen molar-refractivity contribution in [3.63, 3.8) is 0 Å². The molecule has 2 aliphatic heterocycles. The Balaban J connectivity index is 0.000000237. The normalized spacial score (nSPS) is 26.6. The van der Waals surface area contributed by atoms with Crippen molar-refractivity contribution < 1.29 is 23.7 Å². The fourth-order valence-corrected chi connectivity index (χ4v) is 11.7. The molecule has 4 N–H and O–H groups in total. The largest absolute Gasteiger partial charge is 0.408 e. The molecule has 54 heavy (non-hydrogen) atoms. The van der Waals surface area contributed by atoms with E-state index in [1.165, 1.54) is 18.1 Å². The van der Waals surface area contributed by atoms with Gasteiger partial charge in [0.25, 0.3) is 11.1 Å². The monoisotopic (exact) mass is 821 g/mol. The Morgan fingerprint density at radius 1 is 0.907 bits per heavy atom. The first-order valence-electron chi connectivity index (χ1n) is 18.0. The second kappa shape index (κ2) is 17.2. The lowest BCUT2D eigenvalue weighted by Gasteiger charge is -2.41. The van der Waals surface area contributed by atoms with Gasteiger partial charge in [0.2, 0.25) is 6.54 Å². The van der Waals surface area contributed by atoms with Gasteiger partial charge in [-0.1, -0.05) is 34.6 Å². The molecule has 0 saturated carbocycles. The summed E-state index contributed by atoms with van der Waals surface area (Å²) in [5, 5.41) is 19.8. The fourth-order valence-electron chi connectivity index (χ4n) is 6.19. The molecule has 296 valence electrons. The van der Waals surface area contributed by atoms with Crippen LogP contribution in [0.25, 0.3) is 27.2 Å². The van der Waals surface area contributed by atoms with Crippen LogP contribution in [0.15, 0.2) is 22.2 Å². The molecule has 16 nitrogen and oxygen atoms in total. The number of aryl methyl sites for hydroxylation is 2. The van der Waals surface area contributed by atoms with Crippen molar-refractivity contribution in [2.45, 2.75) is 125 Å². The van der Waals surface area contributed by atoms with Gasteiger partial charge in [0.05, 0.1) is 18.8 Å². The number of hydrogen-bond donors (Lipinski definition) is 4. The molecule has 2 aliphatic rings. The first kappa shape index (κ1) is 42.5. The third-order valence-electron chi connectivity index (χ3n) is 10.1. The molecule has 0 aliphatic carbocycles. The maximum atomic E-state index is 12.5. The van der Waals surface area contributed by atoms with E-state index in [9.17, 15) is 19.8 Å². The number of thioether (sulfide) groups is 2. The second-order valence-corrected chi connectivity index (χ2v) is 23.8. The number of nitrogens with zero attached hydrogens (tertiary/aromatic N) is 7. The fraction of sp³-hybridized carbons (Fsp3) is 0.676. The Morgan fingerprint density at radius 3 is 1.91 bits per heavy atom. The lowest BCUT2D eigenvalue weighted by Crippen LogP contribution is -2.49. The Bertz CT molecular complexity index is 2080. The highest BCUT2D eigenvalue weighted by molar-refractivity contribution is 8.00.